The number of hydrogen-bond donors (Lipinski definition) is 5. The van der Waals surface area contributed by atoms with Crippen LogP contribution in [0.3, 0.4) is 0 Å². The van der Waals surface area contributed by atoms with Gasteiger partial charge < -0.3 is 50.4 Å². The number of hydrogen-bond acceptors (Lipinski definition) is 16. The summed E-state index contributed by atoms with van der Waals surface area (Å²) >= 11 is 0. The number of pyridine rings is 1. The molecule has 426 valence electrons. The molecule has 5 aliphatic rings. The maximum Gasteiger partial charge on any atom is 0.411 e. The van der Waals surface area contributed by atoms with Crippen molar-refractivity contribution in [2.75, 3.05) is 58.9 Å². The van der Waals surface area contributed by atoms with Gasteiger partial charge >= 0.3 is 18.0 Å². The molecule has 23 heteroatoms. The molecule has 0 spiro atoms. The quantitative estimate of drug-likeness (QED) is 0.0298. The summed E-state index contributed by atoms with van der Waals surface area (Å²) in [5.41, 5.74) is 3.67. The van der Waals surface area contributed by atoms with Crippen molar-refractivity contribution in [3.8, 4) is 0 Å². The monoisotopic (exact) mass is 1110 g/mol. The topological polar surface area (TPSA) is 276 Å². The number of aryl methyl sites for hydroxylation is 1. The van der Waals surface area contributed by atoms with Crippen molar-refractivity contribution in [3.63, 3.8) is 0 Å². The van der Waals surface area contributed by atoms with Gasteiger partial charge in [0.2, 0.25) is 23.6 Å². The maximum atomic E-state index is 15.5. The van der Waals surface area contributed by atoms with Gasteiger partial charge in [-0.15, -0.1) is 0 Å². The number of amides is 7. The van der Waals surface area contributed by atoms with E-state index in [1.165, 1.54) is 30.0 Å². The molecule has 2 aromatic carbocycles. The molecule has 2 unspecified atom stereocenters. The van der Waals surface area contributed by atoms with Crippen LogP contribution in [0.15, 0.2) is 59.7 Å². The highest BCUT2D eigenvalue weighted by molar-refractivity contribution is 6.13. The SMILES string of the molecule is CC[C@]1(OCN(CCN(C)C)C(=O)OCc2ccc(NC(=O)[C@H](C)NC(=O)C(NC(=O)CCCCCN3C(=O)C=CC3=O)C(C)C)cc2)C(=O)OC(=O)C2=C1C=C1c3nc4cc(F)c(C)c5c4c(c3CN1C2)C(NC(=O)CO)CC5. The van der Waals surface area contributed by atoms with Crippen molar-refractivity contribution in [3.05, 3.63) is 99.0 Å². The molecule has 0 fully saturated rings. The fourth-order valence-electron chi connectivity index (χ4n) is 10.6. The molecule has 5 N–H and O–H groups in total. The minimum atomic E-state index is -1.87. The minimum Gasteiger partial charge on any atom is -0.444 e. The largest absolute Gasteiger partial charge is 0.444 e. The van der Waals surface area contributed by atoms with Crippen molar-refractivity contribution in [2.24, 2.45) is 5.92 Å². The first-order valence-corrected chi connectivity index (χ1v) is 26.9. The van der Waals surface area contributed by atoms with Crippen molar-refractivity contribution in [2.45, 2.75) is 116 Å². The van der Waals surface area contributed by atoms with Crippen LogP contribution >= 0.6 is 0 Å². The Balaban J connectivity index is 0.894. The van der Waals surface area contributed by atoms with Gasteiger partial charge in [0.1, 0.15) is 37.8 Å². The summed E-state index contributed by atoms with van der Waals surface area (Å²) in [4.78, 5) is 128. The van der Waals surface area contributed by atoms with Gasteiger partial charge in [0.15, 0.2) is 5.60 Å². The lowest BCUT2D eigenvalue weighted by Crippen LogP contribution is -2.53. The second kappa shape index (κ2) is 24.6. The third-order valence-electron chi connectivity index (χ3n) is 15.2. The molecular weight excluding hydrogens is 1040 g/mol. The molecule has 0 bridgehead atoms. The fourth-order valence-corrected chi connectivity index (χ4v) is 10.6. The number of carbonyl (C=O) groups excluding carboxylic acids is 9. The van der Waals surface area contributed by atoms with Crippen LogP contribution in [0.5, 0.6) is 0 Å². The number of carbonyl (C=O) groups is 9. The molecule has 8 rings (SSSR count). The number of aromatic nitrogens is 1. The van der Waals surface area contributed by atoms with Gasteiger partial charge in [-0.05, 0) is 106 Å². The highest BCUT2D eigenvalue weighted by Crippen LogP contribution is 2.49. The number of ether oxygens (including phenoxy) is 3. The number of benzene rings is 2. The number of halogens is 1. The fraction of sp³-hybridized carbons (Fsp3) is 0.474. The predicted molar refractivity (Wildman–Crippen MR) is 287 cm³/mol. The lowest BCUT2D eigenvalue weighted by molar-refractivity contribution is -0.181. The lowest BCUT2D eigenvalue weighted by Gasteiger charge is -2.40. The zero-order chi connectivity index (χ0) is 57.7. The van der Waals surface area contributed by atoms with E-state index < -0.39 is 78.6 Å². The summed E-state index contributed by atoms with van der Waals surface area (Å²) in [6.45, 7) is 8.10. The first-order valence-electron chi connectivity index (χ1n) is 26.9. The van der Waals surface area contributed by atoms with Gasteiger partial charge in [0, 0.05) is 73.0 Å². The Kier molecular flexibility index (Phi) is 17.9. The zero-order valence-corrected chi connectivity index (χ0v) is 46.0. The second-order valence-corrected chi connectivity index (χ2v) is 21.2. The van der Waals surface area contributed by atoms with E-state index in [1.807, 2.05) is 23.9 Å². The molecule has 1 aromatic heterocycles. The van der Waals surface area contributed by atoms with Crippen molar-refractivity contribution in [1.29, 1.82) is 0 Å². The normalized spacial score (nSPS) is 18.9. The lowest BCUT2D eigenvalue weighted by atomic mass is 9.81. The van der Waals surface area contributed by atoms with Crippen LogP contribution in [0.2, 0.25) is 0 Å². The molecule has 0 saturated heterocycles. The standard InChI is InChI=1S/C57H68FN9O13/c1-8-57(39-24-43-51-38(27-66(43)26-37(39)54(75)80-55(57)76)49-41(61-45(70)28-68)18-17-36-32(4)40(58)25-42(62-51)48(36)49)79-30-65(23-22-64(6)7)56(77)78-29-34-13-15-35(16-14-34)60-52(73)33(5)59-53(74)50(31(2)3)63-44(69)12-10-9-11-21-67-46(71)19-20-47(67)72/h13-16,19-20,24-25,31,33,41,50,68H,8-12,17-18,21-23,26-30H2,1-7H3,(H,59,74)(H,60,73)(H,61,70)(H,63,69)/t33-,41?,50?,57+/m0/s1. The van der Waals surface area contributed by atoms with Crippen LogP contribution in [0.25, 0.3) is 16.6 Å². The molecule has 80 heavy (non-hydrogen) atoms. The number of nitrogens with zero attached hydrogens (tertiary/aromatic N) is 5. The third kappa shape index (κ3) is 12.3. The zero-order valence-electron chi connectivity index (χ0n) is 46.0. The molecule has 5 heterocycles. The second-order valence-electron chi connectivity index (χ2n) is 21.2. The average molecular weight is 1110 g/mol. The van der Waals surface area contributed by atoms with Gasteiger partial charge in [-0.2, -0.15) is 0 Å². The minimum absolute atomic E-state index is 0.00200. The van der Waals surface area contributed by atoms with Gasteiger partial charge in [-0.3, -0.25) is 38.6 Å². The first-order chi connectivity index (χ1) is 38.1. The number of esters is 2. The van der Waals surface area contributed by atoms with Crippen LogP contribution < -0.4 is 21.3 Å². The highest BCUT2D eigenvalue weighted by Gasteiger charge is 2.53. The molecule has 1 aliphatic carbocycles. The number of aliphatic hydroxyl groups is 1. The first kappa shape index (κ1) is 58.3. The summed E-state index contributed by atoms with van der Waals surface area (Å²) in [5.74, 6) is -5.23. The Labute approximate surface area is 462 Å². The highest BCUT2D eigenvalue weighted by atomic mass is 19.1. The molecule has 0 saturated carbocycles. The Bertz CT molecular complexity index is 3100. The number of imide groups is 1. The van der Waals surface area contributed by atoms with Crippen LogP contribution in [0, 0.1) is 18.7 Å². The number of aliphatic hydroxyl groups excluding tert-OH is 1. The molecular formula is C57H68FN9O13. The van der Waals surface area contributed by atoms with Gasteiger partial charge in [0.25, 0.3) is 11.8 Å². The van der Waals surface area contributed by atoms with Gasteiger partial charge in [0.05, 0.1) is 35.1 Å². The molecule has 7 amide bonds. The number of cyclic esters (lactones) is 2. The summed E-state index contributed by atoms with van der Waals surface area (Å²) in [5, 5.41) is 21.5. The Hall–Kier alpha value is -7.89. The number of rotatable bonds is 23. The van der Waals surface area contributed by atoms with E-state index in [2.05, 4.69) is 21.3 Å². The van der Waals surface area contributed by atoms with Crippen molar-refractivity contribution < 1.29 is 66.9 Å². The van der Waals surface area contributed by atoms with E-state index in [0.29, 0.717) is 72.4 Å². The van der Waals surface area contributed by atoms with Crippen LogP contribution in [0.1, 0.15) is 106 Å². The Morgan fingerprint density at radius 2 is 1.66 bits per heavy atom. The Morgan fingerprint density at radius 3 is 2.34 bits per heavy atom. The van der Waals surface area contributed by atoms with E-state index in [0.717, 1.165) is 27.0 Å². The summed E-state index contributed by atoms with van der Waals surface area (Å²) in [6.07, 6.45) is 6.00. The Morgan fingerprint density at radius 1 is 0.938 bits per heavy atom. The van der Waals surface area contributed by atoms with Crippen LogP contribution in [-0.4, -0.2) is 154 Å². The summed E-state index contributed by atoms with van der Waals surface area (Å²) < 4.78 is 33.1. The van der Waals surface area contributed by atoms with E-state index in [9.17, 15) is 48.3 Å². The summed E-state index contributed by atoms with van der Waals surface area (Å²) in [6, 6.07) is 5.43. The predicted octanol–water partition coefficient (Wildman–Crippen LogP) is 3.72. The van der Waals surface area contributed by atoms with Crippen LogP contribution in [-0.2, 0) is 72.1 Å². The summed E-state index contributed by atoms with van der Waals surface area (Å²) in [7, 11) is 3.64. The molecule has 4 aliphatic heterocycles. The van der Waals surface area contributed by atoms with Crippen molar-refractivity contribution >= 4 is 75.8 Å². The number of unbranched alkanes of at least 4 members (excludes halogenated alkanes) is 2. The number of likely N-dealkylation sites (N-methyl/N-ethyl adjacent to an activating group) is 1. The molecule has 4 atom stereocenters. The maximum absolute atomic E-state index is 15.5. The molecule has 3 aromatic rings. The molecule has 0 radical (unpaired) electrons. The van der Waals surface area contributed by atoms with E-state index in [1.54, 1.807) is 58.0 Å². The number of fused-ring (bicyclic) bond motifs is 4. The third-order valence-corrected chi connectivity index (χ3v) is 15.2. The van der Waals surface area contributed by atoms with Crippen molar-refractivity contribution in [1.82, 2.24) is 40.5 Å². The number of nitrogens with one attached hydrogen (secondary N) is 4. The smallest absolute Gasteiger partial charge is 0.411 e. The van der Waals surface area contributed by atoms with E-state index >= 15 is 4.39 Å². The van der Waals surface area contributed by atoms with E-state index in [4.69, 9.17) is 19.2 Å². The van der Waals surface area contributed by atoms with Gasteiger partial charge in [-0.25, -0.2) is 23.8 Å². The number of anilines is 1. The van der Waals surface area contributed by atoms with Gasteiger partial charge in [-0.1, -0.05) is 39.3 Å². The van der Waals surface area contributed by atoms with Crippen LogP contribution in [0.4, 0.5) is 14.9 Å². The van der Waals surface area contributed by atoms with E-state index in [-0.39, 0.29) is 80.4 Å². The molecule has 22 nitrogen and oxygen atoms in total. The average Bonchev–Trinajstić information content (AvgIpc) is 4.07.